The van der Waals surface area contributed by atoms with Crippen LogP contribution in [0.2, 0.25) is 0 Å². The standard InChI is InChI=1S/C22H16BF2N2O3S/c24-15-6-12-19(8-14(15)23-27-22(29)17(26)10-31)30-20-9-18(28)16(25)7-13(20)21(12)11-4-2-1-3-5-11/h1-9,17,31H,10,26H2,(H,27,29)/t17-/m0/s1. The predicted molar refractivity (Wildman–Crippen MR) is 120 cm³/mol. The van der Waals surface area contributed by atoms with E-state index >= 15 is 0 Å². The SMILES string of the molecule is N[C@@H](CS)C(=O)N[B]c1cc2oc3cc(=O)c(F)cc-3c(-c3ccccc3)c2cc1F. The molecule has 2 aliphatic rings. The summed E-state index contributed by atoms with van der Waals surface area (Å²) in [4.78, 5) is 23.7. The van der Waals surface area contributed by atoms with E-state index in [1.165, 1.54) is 19.5 Å². The Morgan fingerprint density at radius 2 is 1.87 bits per heavy atom. The molecule has 2 aromatic rings. The zero-order valence-corrected chi connectivity index (χ0v) is 17.0. The first-order valence-electron chi connectivity index (χ1n) is 9.34. The van der Waals surface area contributed by atoms with Crippen LogP contribution in [0.4, 0.5) is 8.78 Å². The van der Waals surface area contributed by atoms with E-state index in [0.717, 1.165) is 12.1 Å². The van der Waals surface area contributed by atoms with Gasteiger partial charge in [0.05, 0.1) is 6.04 Å². The van der Waals surface area contributed by atoms with E-state index in [4.69, 9.17) is 10.2 Å². The van der Waals surface area contributed by atoms with Gasteiger partial charge in [0.25, 0.3) is 7.41 Å². The third-order valence-electron chi connectivity index (χ3n) is 4.86. The highest BCUT2D eigenvalue weighted by Crippen LogP contribution is 2.39. The number of hydrogen-bond acceptors (Lipinski definition) is 5. The summed E-state index contributed by atoms with van der Waals surface area (Å²) >= 11 is 3.96. The number of hydrogen-bond donors (Lipinski definition) is 3. The highest BCUT2D eigenvalue weighted by atomic mass is 32.1. The highest BCUT2D eigenvalue weighted by molar-refractivity contribution is 7.80. The van der Waals surface area contributed by atoms with Gasteiger partial charge in [-0.25, -0.2) is 8.78 Å². The summed E-state index contributed by atoms with van der Waals surface area (Å²) in [6.07, 6.45) is 0. The molecule has 1 heterocycles. The minimum atomic E-state index is -0.923. The first-order valence-corrected chi connectivity index (χ1v) is 9.97. The monoisotopic (exact) mass is 437 g/mol. The van der Waals surface area contributed by atoms with Gasteiger partial charge in [0, 0.05) is 28.3 Å². The number of nitrogens with one attached hydrogen (secondary N) is 1. The molecule has 155 valence electrons. The van der Waals surface area contributed by atoms with E-state index in [9.17, 15) is 18.4 Å². The van der Waals surface area contributed by atoms with Crippen LogP contribution in [0.1, 0.15) is 0 Å². The lowest BCUT2D eigenvalue weighted by molar-refractivity contribution is -0.120. The first-order chi connectivity index (χ1) is 14.9. The summed E-state index contributed by atoms with van der Waals surface area (Å²) in [5.74, 6) is -1.76. The van der Waals surface area contributed by atoms with E-state index in [0.29, 0.717) is 22.1 Å². The molecule has 0 aromatic heterocycles. The number of thiol groups is 1. The Morgan fingerprint density at radius 3 is 2.58 bits per heavy atom. The highest BCUT2D eigenvalue weighted by Gasteiger charge is 2.21. The van der Waals surface area contributed by atoms with Crippen molar-refractivity contribution in [2.45, 2.75) is 6.04 Å². The van der Waals surface area contributed by atoms with Gasteiger partial charge in [-0.2, -0.15) is 12.6 Å². The molecule has 1 atom stereocenters. The lowest BCUT2D eigenvalue weighted by atomic mass is 9.80. The second-order valence-corrected chi connectivity index (χ2v) is 7.30. The van der Waals surface area contributed by atoms with E-state index in [2.05, 4.69) is 17.9 Å². The van der Waals surface area contributed by atoms with E-state index < -0.39 is 29.0 Å². The number of benzene rings is 3. The molecule has 9 heteroatoms. The maximum atomic E-state index is 14.9. The van der Waals surface area contributed by atoms with Gasteiger partial charge in [0.1, 0.15) is 17.2 Å². The summed E-state index contributed by atoms with van der Waals surface area (Å²) in [5, 5.41) is 2.83. The molecule has 1 aliphatic carbocycles. The van der Waals surface area contributed by atoms with Gasteiger partial charge in [-0.3, -0.25) is 9.59 Å². The lowest BCUT2D eigenvalue weighted by Crippen LogP contribution is -2.46. The fourth-order valence-electron chi connectivity index (χ4n) is 3.29. The zero-order valence-electron chi connectivity index (χ0n) is 16.1. The van der Waals surface area contributed by atoms with Crippen molar-refractivity contribution in [2.24, 2.45) is 5.73 Å². The van der Waals surface area contributed by atoms with Crippen molar-refractivity contribution in [2.75, 3.05) is 5.75 Å². The summed E-state index contributed by atoms with van der Waals surface area (Å²) in [7, 11) is 1.19. The average Bonchev–Trinajstić information content (AvgIpc) is 2.77. The van der Waals surface area contributed by atoms with Gasteiger partial charge < -0.3 is 15.4 Å². The van der Waals surface area contributed by atoms with Crippen molar-refractivity contribution in [3.63, 3.8) is 0 Å². The molecule has 1 radical (unpaired) electrons. The van der Waals surface area contributed by atoms with Crippen LogP contribution < -0.4 is 21.9 Å². The Morgan fingerprint density at radius 1 is 1.13 bits per heavy atom. The van der Waals surface area contributed by atoms with Crippen molar-refractivity contribution in [1.29, 1.82) is 0 Å². The largest absolute Gasteiger partial charge is 0.456 e. The summed E-state index contributed by atoms with van der Waals surface area (Å²) < 4.78 is 34.8. The van der Waals surface area contributed by atoms with Gasteiger partial charge in [-0.1, -0.05) is 30.3 Å². The number of fused-ring (bicyclic) bond motifs is 2. The number of amides is 1. The van der Waals surface area contributed by atoms with Crippen LogP contribution in [0.3, 0.4) is 0 Å². The van der Waals surface area contributed by atoms with Crippen LogP contribution in [-0.2, 0) is 4.79 Å². The molecule has 0 saturated heterocycles. The molecule has 1 aliphatic heterocycles. The fraction of sp³-hybridized carbons (Fsp3) is 0.0909. The van der Waals surface area contributed by atoms with Gasteiger partial charge in [-0.05, 0) is 29.2 Å². The molecular formula is C22H16BF2N2O3S. The van der Waals surface area contributed by atoms with E-state index in [1.54, 1.807) is 24.3 Å². The third-order valence-corrected chi connectivity index (χ3v) is 5.25. The summed E-state index contributed by atoms with van der Waals surface area (Å²) in [6.45, 7) is 0. The van der Waals surface area contributed by atoms with Crippen molar-refractivity contribution in [3.05, 3.63) is 76.5 Å². The van der Waals surface area contributed by atoms with Gasteiger partial charge >= 0.3 is 0 Å². The minimum Gasteiger partial charge on any atom is -0.456 e. The van der Waals surface area contributed by atoms with E-state index in [1.807, 2.05) is 6.07 Å². The number of rotatable bonds is 5. The van der Waals surface area contributed by atoms with Crippen molar-refractivity contribution < 1.29 is 18.0 Å². The quantitative estimate of drug-likeness (QED) is 0.255. The van der Waals surface area contributed by atoms with Crippen molar-refractivity contribution in [3.8, 4) is 22.5 Å². The molecule has 0 saturated carbocycles. The van der Waals surface area contributed by atoms with Gasteiger partial charge in [-0.15, -0.1) is 0 Å². The Kier molecular flexibility index (Phi) is 5.80. The molecule has 0 bridgehead atoms. The zero-order chi connectivity index (χ0) is 22.1. The Hall–Kier alpha value is -3.17. The van der Waals surface area contributed by atoms with Crippen LogP contribution in [-0.4, -0.2) is 25.1 Å². The van der Waals surface area contributed by atoms with Gasteiger partial charge in [0.15, 0.2) is 5.82 Å². The van der Waals surface area contributed by atoms with Crippen LogP contribution >= 0.6 is 12.6 Å². The second-order valence-electron chi connectivity index (χ2n) is 6.93. The van der Waals surface area contributed by atoms with Crippen LogP contribution in [0, 0.1) is 11.6 Å². The molecule has 0 fully saturated rings. The smallest absolute Gasteiger partial charge is 0.288 e. The van der Waals surface area contributed by atoms with Crippen molar-refractivity contribution in [1.82, 2.24) is 5.23 Å². The van der Waals surface area contributed by atoms with Crippen LogP contribution in [0.25, 0.3) is 33.4 Å². The lowest BCUT2D eigenvalue weighted by Gasteiger charge is -2.16. The van der Waals surface area contributed by atoms with Gasteiger partial charge in [0.2, 0.25) is 11.3 Å². The summed E-state index contributed by atoms with van der Waals surface area (Å²) in [6, 6.07) is 13.0. The molecule has 31 heavy (non-hydrogen) atoms. The Labute approximate surface area is 182 Å². The first kappa shape index (κ1) is 21.1. The average molecular weight is 437 g/mol. The molecule has 0 unspecified atom stereocenters. The normalized spacial score (nSPS) is 12.1. The molecule has 5 nitrogen and oxygen atoms in total. The molecule has 1 amide bonds. The summed E-state index contributed by atoms with van der Waals surface area (Å²) in [5.41, 5.74) is 6.69. The topological polar surface area (TPSA) is 85.3 Å². The number of halogens is 2. The molecule has 0 spiro atoms. The minimum absolute atomic E-state index is 0.0544. The van der Waals surface area contributed by atoms with Crippen LogP contribution in [0.15, 0.2) is 63.8 Å². The number of nitrogens with two attached hydrogens (primary N) is 1. The molecular weight excluding hydrogens is 421 g/mol. The maximum absolute atomic E-state index is 14.9. The Balaban J connectivity index is 1.91. The Bertz CT molecular complexity index is 1310. The molecule has 2 aromatic carbocycles. The van der Waals surface area contributed by atoms with E-state index in [-0.39, 0.29) is 22.6 Å². The third kappa shape index (κ3) is 4.06. The number of carbonyl (C=O) groups excluding carboxylic acids is 1. The van der Waals surface area contributed by atoms with Crippen LogP contribution in [0.5, 0.6) is 0 Å². The van der Waals surface area contributed by atoms with Crippen molar-refractivity contribution >= 4 is 42.4 Å². The second kappa shape index (κ2) is 8.53. The number of carbonyl (C=O) groups is 1. The molecule has 3 N–H and O–H groups in total. The fourth-order valence-corrected chi connectivity index (χ4v) is 3.46. The maximum Gasteiger partial charge on any atom is 0.288 e. The predicted octanol–water partition coefficient (Wildman–Crippen LogP) is 2.46. The molecule has 4 rings (SSSR count).